The van der Waals surface area contributed by atoms with Gasteiger partial charge in [-0.15, -0.1) is 0 Å². The zero-order valence-electron chi connectivity index (χ0n) is 9.98. The third-order valence-electron chi connectivity index (χ3n) is 2.66. The third-order valence-corrected chi connectivity index (χ3v) is 2.66. The van der Waals surface area contributed by atoms with Crippen molar-refractivity contribution in [3.63, 3.8) is 0 Å². The van der Waals surface area contributed by atoms with Crippen LogP contribution in [0.5, 0.6) is 0 Å². The fourth-order valence-electron chi connectivity index (χ4n) is 1.71. The van der Waals surface area contributed by atoms with Gasteiger partial charge in [-0.3, -0.25) is 4.79 Å². The van der Waals surface area contributed by atoms with Gasteiger partial charge in [-0.1, -0.05) is 50.8 Å². The molecule has 16 heavy (non-hydrogen) atoms. The van der Waals surface area contributed by atoms with Crippen molar-refractivity contribution in [1.29, 1.82) is 0 Å². The lowest BCUT2D eigenvalue weighted by molar-refractivity contribution is 0.547. The second-order valence-corrected chi connectivity index (χ2v) is 3.99. The predicted octanol–water partition coefficient (Wildman–Crippen LogP) is 3.53. The number of unbranched alkanes of at least 4 members (excludes halogenated alkanes) is 4. The zero-order chi connectivity index (χ0) is 11.6. The van der Waals surface area contributed by atoms with Crippen LogP contribution in [-0.2, 0) is 4.79 Å². The largest absolute Gasteiger partial charge is 0.316 e. The first-order chi connectivity index (χ1) is 7.88. The van der Waals surface area contributed by atoms with Crippen LogP contribution in [0.15, 0.2) is 30.3 Å². The van der Waals surface area contributed by atoms with E-state index in [2.05, 4.69) is 6.92 Å². The highest BCUT2D eigenvalue weighted by molar-refractivity contribution is 5.75. The minimum Gasteiger partial charge on any atom is -0.304 e. The van der Waals surface area contributed by atoms with Crippen LogP contribution in [-0.4, -0.2) is 13.0 Å². The highest BCUT2D eigenvalue weighted by Crippen LogP contribution is 2.12. The Morgan fingerprint density at radius 3 is 2.38 bits per heavy atom. The standard InChI is InChI=1S/C14H20NO/c1-2-3-4-5-9-12-15(13-16)14-10-7-6-8-11-14/h6-8,10-11H,2-5,9,12H2,1H3. The normalized spacial score (nSPS) is 10.1. The number of anilines is 1. The van der Waals surface area contributed by atoms with Crippen molar-refractivity contribution in [3.8, 4) is 0 Å². The highest BCUT2D eigenvalue weighted by Gasteiger charge is 2.04. The van der Waals surface area contributed by atoms with Crippen LogP contribution in [0.1, 0.15) is 39.0 Å². The van der Waals surface area contributed by atoms with E-state index < -0.39 is 0 Å². The number of rotatable bonds is 8. The number of nitrogens with zero attached hydrogens (tertiary/aromatic N) is 1. The summed E-state index contributed by atoms with van der Waals surface area (Å²) in [5.74, 6) is 0. The number of hydrogen-bond donors (Lipinski definition) is 0. The number of hydrogen-bond acceptors (Lipinski definition) is 1. The van der Waals surface area contributed by atoms with Crippen molar-refractivity contribution < 1.29 is 4.79 Å². The van der Waals surface area contributed by atoms with E-state index in [0.717, 1.165) is 18.7 Å². The van der Waals surface area contributed by atoms with Crippen LogP contribution < -0.4 is 4.90 Å². The first kappa shape index (κ1) is 12.8. The van der Waals surface area contributed by atoms with Crippen LogP contribution in [0, 0.1) is 0 Å². The molecule has 2 nitrogen and oxygen atoms in total. The molecule has 0 N–H and O–H groups in total. The van der Waals surface area contributed by atoms with Gasteiger partial charge in [0.25, 0.3) is 0 Å². The van der Waals surface area contributed by atoms with Crippen molar-refractivity contribution in [1.82, 2.24) is 0 Å². The predicted molar refractivity (Wildman–Crippen MR) is 68.2 cm³/mol. The van der Waals surface area contributed by atoms with E-state index in [1.165, 1.54) is 25.7 Å². The summed E-state index contributed by atoms with van der Waals surface area (Å²) in [6.07, 6.45) is 8.05. The maximum Gasteiger partial charge on any atom is 0.316 e. The summed E-state index contributed by atoms with van der Waals surface area (Å²) in [7, 11) is 0. The molecule has 1 aromatic rings. The lowest BCUT2D eigenvalue weighted by Gasteiger charge is -2.15. The number of amides is 1. The Morgan fingerprint density at radius 1 is 1.06 bits per heavy atom. The Labute approximate surface area is 98.3 Å². The molecule has 1 radical (unpaired) electrons. The van der Waals surface area contributed by atoms with E-state index in [1.807, 2.05) is 36.7 Å². The molecule has 1 amide bonds. The molecule has 0 aliphatic rings. The molecule has 0 aliphatic carbocycles. The van der Waals surface area contributed by atoms with Gasteiger partial charge < -0.3 is 4.90 Å². The van der Waals surface area contributed by atoms with E-state index in [9.17, 15) is 4.79 Å². The van der Waals surface area contributed by atoms with Crippen molar-refractivity contribution in [2.45, 2.75) is 39.0 Å². The summed E-state index contributed by atoms with van der Waals surface area (Å²) in [4.78, 5) is 12.5. The van der Waals surface area contributed by atoms with E-state index in [-0.39, 0.29) is 0 Å². The molecule has 0 unspecified atom stereocenters. The smallest absolute Gasteiger partial charge is 0.304 e. The van der Waals surface area contributed by atoms with Gasteiger partial charge in [0.2, 0.25) is 0 Å². The summed E-state index contributed by atoms with van der Waals surface area (Å²) in [5, 5.41) is 0. The molecule has 1 rings (SSSR count). The molecule has 0 bridgehead atoms. The second kappa shape index (κ2) is 7.91. The van der Waals surface area contributed by atoms with Gasteiger partial charge in [-0.2, -0.15) is 0 Å². The lowest BCUT2D eigenvalue weighted by Crippen LogP contribution is -2.22. The monoisotopic (exact) mass is 218 g/mol. The van der Waals surface area contributed by atoms with Gasteiger partial charge in [-0.25, -0.2) is 0 Å². The van der Waals surface area contributed by atoms with Crippen molar-refractivity contribution >= 4 is 12.1 Å². The molecule has 0 saturated carbocycles. The summed E-state index contributed by atoms with van der Waals surface area (Å²) < 4.78 is 0. The van der Waals surface area contributed by atoms with Crippen molar-refractivity contribution in [3.05, 3.63) is 30.3 Å². The van der Waals surface area contributed by atoms with Crippen LogP contribution in [0.25, 0.3) is 0 Å². The van der Waals surface area contributed by atoms with Crippen LogP contribution in [0.2, 0.25) is 0 Å². The van der Waals surface area contributed by atoms with Crippen LogP contribution in [0.3, 0.4) is 0 Å². The molecule has 0 aromatic heterocycles. The molecular weight excluding hydrogens is 198 g/mol. The Morgan fingerprint density at radius 2 is 1.75 bits per heavy atom. The summed E-state index contributed by atoms with van der Waals surface area (Å²) in [5.41, 5.74) is 0.938. The maximum absolute atomic E-state index is 10.8. The molecule has 0 spiro atoms. The van der Waals surface area contributed by atoms with Crippen molar-refractivity contribution in [2.24, 2.45) is 0 Å². The molecule has 0 fully saturated rings. The summed E-state index contributed by atoms with van der Waals surface area (Å²) >= 11 is 0. The zero-order valence-corrected chi connectivity index (χ0v) is 9.98. The Kier molecular flexibility index (Phi) is 6.31. The number of carbonyl (C=O) groups excluding carboxylic acids is 1. The first-order valence-corrected chi connectivity index (χ1v) is 6.09. The molecule has 0 heterocycles. The summed E-state index contributed by atoms with van der Waals surface area (Å²) in [6.45, 7) is 2.98. The second-order valence-electron chi connectivity index (χ2n) is 3.99. The van der Waals surface area contributed by atoms with Gasteiger partial charge in [0, 0.05) is 12.2 Å². The van der Waals surface area contributed by atoms with E-state index in [4.69, 9.17) is 0 Å². The van der Waals surface area contributed by atoms with Gasteiger partial charge in [0.05, 0.1) is 0 Å². The SMILES string of the molecule is CCCCCCCN([C]=O)c1ccccc1. The minimum atomic E-state index is 0.775. The quantitative estimate of drug-likeness (QED) is 0.483. The average Bonchev–Trinajstić information content (AvgIpc) is 2.35. The highest BCUT2D eigenvalue weighted by atomic mass is 16.1. The van der Waals surface area contributed by atoms with Crippen LogP contribution in [0.4, 0.5) is 5.69 Å². The van der Waals surface area contributed by atoms with Gasteiger partial charge in [-0.05, 0) is 18.6 Å². The molecule has 2 heteroatoms. The van der Waals surface area contributed by atoms with E-state index in [0.29, 0.717) is 0 Å². The first-order valence-electron chi connectivity index (χ1n) is 6.09. The van der Waals surface area contributed by atoms with E-state index >= 15 is 0 Å². The van der Waals surface area contributed by atoms with Gasteiger partial charge in [0.15, 0.2) is 0 Å². The number of para-hydroxylation sites is 1. The molecule has 0 saturated heterocycles. The van der Waals surface area contributed by atoms with Gasteiger partial charge in [0.1, 0.15) is 0 Å². The van der Waals surface area contributed by atoms with Crippen LogP contribution >= 0.6 is 0 Å². The minimum absolute atomic E-state index is 0.775. The molecule has 0 aliphatic heterocycles. The summed E-state index contributed by atoms with van der Waals surface area (Å²) in [6, 6.07) is 9.72. The molecule has 0 atom stereocenters. The average molecular weight is 218 g/mol. The fraction of sp³-hybridized carbons (Fsp3) is 0.500. The number of benzene rings is 1. The Hall–Kier alpha value is -1.31. The molecule has 1 aromatic carbocycles. The Balaban J connectivity index is 2.30. The maximum atomic E-state index is 10.8. The molecular formula is C14H20NO. The van der Waals surface area contributed by atoms with Crippen molar-refractivity contribution in [2.75, 3.05) is 11.4 Å². The van der Waals surface area contributed by atoms with E-state index in [1.54, 1.807) is 4.90 Å². The molecule has 87 valence electrons. The lowest BCUT2D eigenvalue weighted by atomic mass is 10.1. The topological polar surface area (TPSA) is 20.3 Å². The van der Waals surface area contributed by atoms with Gasteiger partial charge >= 0.3 is 6.41 Å². The third kappa shape index (κ3) is 4.47. The Bertz CT molecular complexity index is 284. The fourth-order valence-corrected chi connectivity index (χ4v) is 1.71.